The fraction of sp³-hybridized carbons (Fsp3) is 0.294. The van der Waals surface area contributed by atoms with E-state index in [1.807, 2.05) is 32.0 Å². The molecule has 1 amide bonds. The van der Waals surface area contributed by atoms with Crippen LogP contribution in [0.4, 0.5) is 5.95 Å². The third kappa shape index (κ3) is 2.60. The zero-order chi connectivity index (χ0) is 16.7. The Bertz CT molecular complexity index is 887. The molecule has 4 rings (SSSR count). The van der Waals surface area contributed by atoms with Crippen LogP contribution in [0, 0.1) is 0 Å². The molecule has 0 saturated heterocycles. The number of hydrogen-bond donors (Lipinski definition) is 1. The Morgan fingerprint density at radius 2 is 2.12 bits per heavy atom. The Kier molecular flexibility index (Phi) is 3.65. The molecule has 3 aromatic rings. The monoisotopic (exact) mass is 339 g/mol. The van der Waals surface area contributed by atoms with Crippen LogP contribution in [0.15, 0.2) is 30.5 Å². The van der Waals surface area contributed by atoms with Gasteiger partial charge in [0.1, 0.15) is 10.7 Å². The molecule has 0 spiro atoms. The number of aromatic nitrogens is 3. The van der Waals surface area contributed by atoms with Crippen molar-refractivity contribution in [3.8, 4) is 0 Å². The van der Waals surface area contributed by atoms with Crippen molar-refractivity contribution in [2.45, 2.75) is 33.0 Å². The molecular formula is C17H17N5OS. The fourth-order valence-corrected chi connectivity index (χ4v) is 3.66. The summed E-state index contributed by atoms with van der Waals surface area (Å²) in [6, 6.07) is 8.20. The Balaban J connectivity index is 1.51. The van der Waals surface area contributed by atoms with E-state index in [-0.39, 0.29) is 11.9 Å². The normalized spacial score (nSPS) is 13.8. The van der Waals surface area contributed by atoms with Crippen molar-refractivity contribution < 1.29 is 4.79 Å². The maximum atomic E-state index is 12.4. The number of fused-ring (bicyclic) bond motifs is 2. The molecule has 7 heteroatoms. The van der Waals surface area contributed by atoms with Crippen LogP contribution in [-0.4, -0.2) is 31.8 Å². The second-order valence-corrected chi connectivity index (χ2v) is 7.14. The SMILES string of the molecule is CC(C)N1Cc2cnc(NCc3nc4ccccc4s3)nc2C1=O. The molecule has 2 aromatic heterocycles. The minimum Gasteiger partial charge on any atom is -0.348 e. The van der Waals surface area contributed by atoms with E-state index >= 15 is 0 Å². The lowest BCUT2D eigenvalue weighted by molar-refractivity contribution is 0.0726. The molecule has 122 valence electrons. The van der Waals surface area contributed by atoms with Gasteiger partial charge in [-0.15, -0.1) is 11.3 Å². The van der Waals surface area contributed by atoms with Gasteiger partial charge in [-0.3, -0.25) is 4.79 Å². The van der Waals surface area contributed by atoms with Crippen LogP contribution >= 0.6 is 11.3 Å². The molecule has 1 aliphatic rings. The zero-order valence-electron chi connectivity index (χ0n) is 13.5. The van der Waals surface area contributed by atoms with Crippen LogP contribution in [0.5, 0.6) is 0 Å². The first kappa shape index (κ1) is 15.0. The second kappa shape index (κ2) is 5.83. The summed E-state index contributed by atoms with van der Waals surface area (Å²) in [6.07, 6.45) is 1.74. The number of carbonyl (C=O) groups is 1. The number of hydrogen-bond acceptors (Lipinski definition) is 6. The third-order valence-corrected chi connectivity index (χ3v) is 5.06. The molecule has 1 aliphatic heterocycles. The molecule has 0 bridgehead atoms. The fourth-order valence-electron chi connectivity index (χ4n) is 2.75. The Morgan fingerprint density at radius 3 is 2.92 bits per heavy atom. The van der Waals surface area contributed by atoms with Gasteiger partial charge in [-0.05, 0) is 26.0 Å². The summed E-state index contributed by atoms with van der Waals surface area (Å²) in [6.45, 7) is 5.14. The standard InChI is InChI=1S/C17H17N5OS/c1-10(2)22-9-11-7-18-17(21-15(11)16(22)23)19-8-14-20-12-5-3-4-6-13(12)24-14/h3-7,10H,8-9H2,1-2H3,(H,18,19,21). The maximum Gasteiger partial charge on any atom is 0.273 e. The first-order valence-electron chi connectivity index (χ1n) is 7.87. The molecule has 3 heterocycles. The van der Waals surface area contributed by atoms with E-state index in [0.29, 0.717) is 24.7 Å². The Labute approximate surface area is 143 Å². The van der Waals surface area contributed by atoms with Crippen molar-refractivity contribution in [3.63, 3.8) is 0 Å². The van der Waals surface area contributed by atoms with E-state index < -0.39 is 0 Å². The smallest absolute Gasteiger partial charge is 0.273 e. The predicted molar refractivity (Wildman–Crippen MR) is 94.0 cm³/mol. The lowest BCUT2D eigenvalue weighted by Gasteiger charge is -2.19. The van der Waals surface area contributed by atoms with Gasteiger partial charge < -0.3 is 10.2 Å². The van der Waals surface area contributed by atoms with Crippen molar-refractivity contribution in [2.24, 2.45) is 0 Å². The maximum absolute atomic E-state index is 12.4. The molecule has 0 radical (unpaired) electrons. The molecule has 0 fully saturated rings. The average molecular weight is 339 g/mol. The van der Waals surface area contributed by atoms with E-state index in [1.54, 1.807) is 22.4 Å². The number of para-hydroxylation sites is 1. The van der Waals surface area contributed by atoms with Crippen molar-refractivity contribution in [1.82, 2.24) is 19.9 Å². The summed E-state index contributed by atoms with van der Waals surface area (Å²) in [5.74, 6) is 0.442. The lowest BCUT2D eigenvalue weighted by Crippen LogP contribution is -2.31. The topological polar surface area (TPSA) is 71.0 Å². The van der Waals surface area contributed by atoms with Crippen LogP contribution in [0.1, 0.15) is 34.9 Å². The van der Waals surface area contributed by atoms with E-state index in [9.17, 15) is 4.79 Å². The molecule has 0 saturated carbocycles. The first-order valence-corrected chi connectivity index (χ1v) is 8.68. The second-order valence-electron chi connectivity index (χ2n) is 6.02. The quantitative estimate of drug-likeness (QED) is 0.791. The highest BCUT2D eigenvalue weighted by Crippen LogP contribution is 2.24. The molecule has 6 nitrogen and oxygen atoms in total. The van der Waals surface area contributed by atoms with Crippen LogP contribution in [-0.2, 0) is 13.1 Å². The van der Waals surface area contributed by atoms with Crippen LogP contribution < -0.4 is 5.32 Å². The van der Waals surface area contributed by atoms with Gasteiger partial charge in [0.2, 0.25) is 5.95 Å². The van der Waals surface area contributed by atoms with Gasteiger partial charge in [0.05, 0.1) is 23.3 Å². The van der Waals surface area contributed by atoms with Gasteiger partial charge in [0, 0.05) is 17.8 Å². The van der Waals surface area contributed by atoms with Gasteiger partial charge in [0.25, 0.3) is 5.91 Å². The van der Waals surface area contributed by atoms with Crippen molar-refractivity contribution >= 4 is 33.4 Å². The lowest BCUT2D eigenvalue weighted by atomic mass is 10.3. The van der Waals surface area contributed by atoms with Gasteiger partial charge in [-0.1, -0.05) is 12.1 Å². The number of nitrogens with one attached hydrogen (secondary N) is 1. The summed E-state index contributed by atoms with van der Waals surface area (Å²) < 4.78 is 1.16. The summed E-state index contributed by atoms with van der Waals surface area (Å²) in [5, 5.41) is 4.14. The highest BCUT2D eigenvalue weighted by Gasteiger charge is 2.31. The van der Waals surface area contributed by atoms with Crippen molar-refractivity contribution in [3.05, 3.63) is 46.7 Å². The molecule has 0 unspecified atom stereocenters. The van der Waals surface area contributed by atoms with Gasteiger partial charge >= 0.3 is 0 Å². The number of benzene rings is 1. The average Bonchev–Trinajstić information content (AvgIpc) is 3.14. The third-order valence-electron chi connectivity index (χ3n) is 4.03. The minimum atomic E-state index is -0.0227. The van der Waals surface area contributed by atoms with Crippen LogP contribution in [0.3, 0.4) is 0 Å². The highest BCUT2D eigenvalue weighted by atomic mass is 32.1. The molecule has 1 aromatic carbocycles. The number of thiazole rings is 1. The largest absolute Gasteiger partial charge is 0.348 e. The highest BCUT2D eigenvalue weighted by molar-refractivity contribution is 7.18. The van der Waals surface area contributed by atoms with E-state index in [2.05, 4.69) is 26.3 Å². The van der Waals surface area contributed by atoms with Crippen LogP contribution in [0.25, 0.3) is 10.2 Å². The van der Waals surface area contributed by atoms with Crippen molar-refractivity contribution in [1.29, 1.82) is 0 Å². The Morgan fingerprint density at radius 1 is 1.29 bits per heavy atom. The molecule has 0 aliphatic carbocycles. The summed E-state index contributed by atoms with van der Waals surface area (Å²) >= 11 is 1.64. The predicted octanol–water partition coefficient (Wildman–Crippen LogP) is 3.06. The molecule has 0 atom stereocenters. The first-order chi connectivity index (χ1) is 11.6. The Hall–Kier alpha value is -2.54. The number of carbonyl (C=O) groups excluding carboxylic acids is 1. The summed E-state index contributed by atoms with van der Waals surface area (Å²) in [7, 11) is 0. The summed E-state index contributed by atoms with van der Waals surface area (Å²) in [5.41, 5.74) is 2.39. The van der Waals surface area contributed by atoms with Crippen molar-refractivity contribution in [2.75, 3.05) is 5.32 Å². The van der Waals surface area contributed by atoms with Gasteiger partial charge in [-0.2, -0.15) is 0 Å². The van der Waals surface area contributed by atoms with Gasteiger partial charge in [-0.25, -0.2) is 15.0 Å². The summed E-state index contributed by atoms with van der Waals surface area (Å²) in [4.78, 5) is 27.5. The van der Waals surface area contributed by atoms with Gasteiger partial charge in [0.15, 0.2) is 0 Å². The molecule has 24 heavy (non-hydrogen) atoms. The number of amides is 1. The number of anilines is 1. The number of nitrogens with zero attached hydrogens (tertiary/aromatic N) is 4. The molecule has 1 N–H and O–H groups in total. The van der Waals surface area contributed by atoms with E-state index in [4.69, 9.17) is 0 Å². The van der Waals surface area contributed by atoms with E-state index in [1.165, 1.54) is 0 Å². The number of rotatable bonds is 4. The minimum absolute atomic E-state index is 0.0227. The van der Waals surface area contributed by atoms with E-state index in [0.717, 1.165) is 20.8 Å². The van der Waals surface area contributed by atoms with Crippen LogP contribution in [0.2, 0.25) is 0 Å². The molecular weight excluding hydrogens is 322 g/mol. The zero-order valence-corrected chi connectivity index (χ0v) is 14.3.